The second-order valence-corrected chi connectivity index (χ2v) is 14.0. The van der Waals surface area contributed by atoms with E-state index in [1.165, 1.54) is 88.7 Å². The normalized spacial score (nSPS) is 13.8. The highest BCUT2D eigenvalue weighted by Gasteiger charge is 2.26. The molecule has 1 aromatic heterocycles. The maximum Gasteiger partial charge on any atom is 0.0541 e. The van der Waals surface area contributed by atoms with E-state index in [9.17, 15) is 0 Å². The summed E-state index contributed by atoms with van der Waals surface area (Å²) in [5, 5.41) is 2.53. The fraction of sp³-hybridized carbons (Fsp3) is 0.0588. The fourth-order valence-electron chi connectivity index (χ4n) is 8.62. The zero-order valence-electron chi connectivity index (χ0n) is 28.9. The number of rotatable bonds is 5. The zero-order chi connectivity index (χ0) is 34.4. The summed E-state index contributed by atoms with van der Waals surface area (Å²) in [4.78, 5) is 0. The molecule has 1 heteroatoms. The van der Waals surface area contributed by atoms with Crippen LogP contribution in [0.15, 0.2) is 194 Å². The Morgan fingerprint density at radius 3 is 1.85 bits per heavy atom. The number of aromatic nitrogens is 1. The lowest BCUT2D eigenvalue weighted by atomic mass is 9.81. The summed E-state index contributed by atoms with van der Waals surface area (Å²) in [7, 11) is 0. The molecule has 0 bridgehead atoms. The minimum atomic E-state index is 0.292. The van der Waals surface area contributed by atoms with E-state index in [2.05, 4.69) is 199 Å². The average Bonchev–Trinajstić information content (AvgIpc) is 3.46. The summed E-state index contributed by atoms with van der Waals surface area (Å²) in [6, 6.07) is 71.6. The summed E-state index contributed by atoms with van der Waals surface area (Å²) >= 11 is 0. The van der Waals surface area contributed by atoms with E-state index in [1.807, 2.05) is 0 Å². The van der Waals surface area contributed by atoms with Crippen LogP contribution in [0.5, 0.6) is 0 Å². The minimum Gasteiger partial charge on any atom is -0.309 e. The standard InChI is InChI=1S/C51H37N/c1-3-14-35(15-4-1)38-19-13-20-41(32-38)52-50-25-12-11-24-47(50)49-34-40(28-31-51(49)52)39-27-30-46-45(29-26-37-18-7-8-22-43(37)48(46)33-39)44-23-10-9-21-42(44)36-16-5-2-6-17-36/h1-25,27-28,30-34,45H,26,29H2. The Bertz CT molecular complexity index is 2730. The molecule has 1 nitrogen and oxygen atoms in total. The Balaban J connectivity index is 1.12. The first-order valence-electron chi connectivity index (χ1n) is 18.4. The number of benzene rings is 8. The molecule has 1 unspecified atom stereocenters. The molecular weight excluding hydrogens is 627 g/mol. The number of para-hydroxylation sites is 1. The van der Waals surface area contributed by atoms with Gasteiger partial charge in [-0.2, -0.15) is 0 Å². The van der Waals surface area contributed by atoms with Gasteiger partial charge in [0.25, 0.3) is 0 Å². The largest absolute Gasteiger partial charge is 0.309 e. The van der Waals surface area contributed by atoms with Crippen molar-refractivity contribution in [1.82, 2.24) is 4.57 Å². The molecule has 52 heavy (non-hydrogen) atoms. The average molecular weight is 664 g/mol. The minimum absolute atomic E-state index is 0.292. The Labute approximate surface area is 305 Å². The third-order valence-corrected chi connectivity index (χ3v) is 11.1. The van der Waals surface area contributed by atoms with Crippen molar-refractivity contribution in [1.29, 1.82) is 0 Å². The third-order valence-electron chi connectivity index (χ3n) is 11.1. The molecule has 0 aliphatic heterocycles. The molecular formula is C51H37N. The van der Waals surface area contributed by atoms with Crippen molar-refractivity contribution in [2.75, 3.05) is 0 Å². The van der Waals surface area contributed by atoms with Gasteiger partial charge in [0.1, 0.15) is 0 Å². The molecule has 1 aliphatic rings. The van der Waals surface area contributed by atoms with E-state index in [0.29, 0.717) is 5.92 Å². The molecule has 0 saturated carbocycles. The van der Waals surface area contributed by atoms with Crippen molar-refractivity contribution in [2.24, 2.45) is 0 Å². The lowest BCUT2D eigenvalue weighted by molar-refractivity contribution is 0.727. The van der Waals surface area contributed by atoms with Crippen molar-refractivity contribution < 1.29 is 0 Å². The van der Waals surface area contributed by atoms with Gasteiger partial charge in [-0.1, -0.05) is 158 Å². The Morgan fingerprint density at radius 1 is 0.365 bits per heavy atom. The van der Waals surface area contributed by atoms with Gasteiger partial charge in [0.2, 0.25) is 0 Å². The zero-order valence-corrected chi connectivity index (χ0v) is 28.9. The molecule has 8 aromatic carbocycles. The van der Waals surface area contributed by atoms with Gasteiger partial charge in [-0.25, -0.2) is 0 Å². The highest BCUT2D eigenvalue weighted by atomic mass is 15.0. The maximum atomic E-state index is 2.46. The van der Waals surface area contributed by atoms with Crippen LogP contribution in [0, 0.1) is 0 Å². The van der Waals surface area contributed by atoms with Crippen LogP contribution in [0.2, 0.25) is 0 Å². The summed E-state index contributed by atoms with van der Waals surface area (Å²) in [5.74, 6) is 0.292. The number of fused-ring (bicyclic) bond motifs is 6. The van der Waals surface area contributed by atoms with E-state index in [1.54, 1.807) is 0 Å². The predicted octanol–water partition coefficient (Wildman–Crippen LogP) is 13.5. The quantitative estimate of drug-likeness (QED) is 0.173. The first kappa shape index (κ1) is 30.4. The first-order chi connectivity index (χ1) is 25.8. The Kier molecular flexibility index (Phi) is 7.43. The van der Waals surface area contributed by atoms with Gasteiger partial charge in [-0.3, -0.25) is 0 Å². The molecule has 246 valence electrons. The SMILES string of the molecule is c1ccc(-c2cccc(-n3c4ccccc4c4cc(-c5ccc6c(c5)-c5ccccc5CCC6c5ccccc5-c5ccccc5)ccc43)c2)cc1. The molecule has 0 saturated heterocycles. The fourth-order valence-corrected chi connectivity index (χ4v) is 8.62. The Morgan fingerprint density at radius 2 is 0.981 bits per heavy atom. The summed E-state index contributed by atoms with van der Waals surface area (Å²) < 4.78 is 2.42. The van der Waals surface area contributed by atoms with Gasteiger partial charge in [0, 0.05) is 22.4 Å². The van der Waals surface area contributed by atoms with Crippen LogP contribution in [0.25, 0.3) is 72.0 Å². The first-order valence-corrected chi connectivity index (χ1v) is 18.4. The molecule has 0 radical (unpaired) electrons. The molecule has 0 amide bonds. The molecule has 1 atom stereocenters. The van der Waals surface area contributed by atoms with Gasteiger partial charge in [-0.05, 0) is 110 Å². The molecule has 0 fully saturated rings. The number of hydrogen-bond acceptors (Lipinski definition) is 0. The topological polar surface area (TPSA) is 4.93 Å². The monoisotopic (exact) mass is 663 g/mol. The highest BCUT2D eigenvalue weighted by Crippen LogP contribution is 2.46. The molecule has 9 aromatic rings. The Hall–Kier alpha value is -6.44. The molecule has 0 N–H and O–H groups in total. The van der Waals surface area contributed by atoms with E-state index >= 15 is 0 Å². The lowest BCUT2D eigenvalue weighted by Crippen LogP contribution is -2.04. The molecule has 0 spiro atoms. The number of nitrogens with zero attached hydrogens (tertiary/aromatic N) is 1. The smallest absolute Gasteiger partial charge is 0.0541 e. The summed E-state index contributed by atoms with van der Waals surface area (Å²) in [5.41, 5.74) is 18.1. The number of hydrogen-bond donors (Lipinski definition) is 0. The van der Waals surface area contributed by atoms with Crippen LogP contribution in [-0.2, 0) is 6.42 Å². The van der Waals surface area contributed by atoms with E-state index in [4.69, 9.17) is 0 Å². The van der Waals surface area contributed by atoms with Gasteiger partial charge >= 0.3 is 0 Å². The van der Waals surface area contributed by atoms with Crippen LogP contribution in [-0.4, -0.2) is 4.57 Å². The van der Waals surface area contributed by atoms with Crippen LogP contribution in [0.1, 0.15) is 29.0 Å². The van der Waals surface area contributed by atoms with Crippen LogP contribution >= 0.6 is 0 Å². The van der Waals surface area contributed by atoms with Crippen molar-refractivity contribution in [3.63, 3.8) is 0 Å². The third kappa shape index (κ3) is 5.17. The number of aryl methyl sites for hydroxylation is 1. The van der Waals surface area contributed by atoms with Gasteiger partial charge in [0.15, 0.2) is 0 Å². The van der Waals surface area contributed by atoms with Crippen molar-refractivity contribution >= 4 is 21.8 Å². The van der Waals surface area contributed by atoms with Crippen molar-refractivity contribution in [2.45, 2.75) is 18.8 Å². The lowest BCUT2D eigenvalue weighted by Gasteiger charge is -2.22. The van der Waals surface area contributed by atoms with Crippen molar-refractivity contribution in [3.05, 3.63) is 211 Å². The van der Waals surface area contributed by atoms with Crippen LogP contribution in [0.4, 0.5) is 0 Å². The van der Waals surface area contributed by atoms with E-state index in [-0.39, 0.29) is 0 Å². The van der Waals surface area contributed by atoms with E-state index in [0.717, 1.165) is 12.8 Å². The predicted molar refractivity (Wildman–Crippen MR) is 219 cm³/mol. The van der Waals surface area contributed by atoms with Gasteiger partial charge < -0.3 is 4.57 Å². The second-order valence-electron chi connectivity index (χ2n) is 14.0. The second kappa shape index (κ2) is 12.7. The highest BCUT2D eigenvalue weighted by molar-refractivity contribution is 6.10. The van der Waals surface area contributed by atoms with Crippen molar-refractivity contribution in [3.8, 4) is 50.2 Å². The van der Waals surface area contributed by atoms with E-state index < -0.39 is 0 Å². The summed E-state index contributed by atoms with van der Waals surface area (Å²) in [6.45, 7) is 0. The van der Waals surface area contributed by atoms with Crippen LogP contribution in [0.3, 0.4) is 0 Å². The van der Waals surface area contributed by atoms with Crippen LogP contribution < -0.4 is 0 Å². The molecule has 1 aliphatic carbocycles. The molecule has 1 heterocycles. The molecule has 10 rings (SSSR count). The van der Waals surface area contributed by atoms with Gasteiger partial charge in [0.05, 0.1) is 11.0 Å². The maximum absolute atomic E-state index is 2.46. The van der Waals surface area contributed by atoms with Gasteiger partial charge in [-0.15, -0.1) is 0 Å². The summed E-state index contributed by atoms with van der Waals surface area (Å²) in [6.07, 6.45) is 2.12.